The summed E-state index contributed by atoms with van der Waals surface area (Å²) in [5, 5.41) is 5.86. The molecule has 0 unspecified atom stereocenters. The van der Waals surface area contributed by atoms with E-state index in [0.29, 0.717) is 6.04 Å². The van der Waals surface area contributed by atoms with Crippen molar-refractivity contribution in [2.24, 2.45) is 11.5 Å². The van der Waals surface area contributed by atoms with Gasteiger partial charge in [-0.1, -0.05) is 0 Å². The molecule has 0 amide bonds. The van der Waals surface area contributed by atoms with Gasteiger partial charge in [0.15, 0.2) is 0 Å². The van der Waals surface area contributed by atoms with Gasteiger partial charge in [0.25, 0.3) is 0 Å². The maximum atomic E-state index is 5.86. The van der Waals surface area contributed by atoms with Crippen LogP contribution >= 0.6 is 12.4 Å². The lowest BCUT2D eigenvalue weighted by atomic mass is 10.8. The Hall–Kier alpha value is -0.280. The van der Waals surface area contributed by atoms with Crippen molar-refractivity contribution in [1.82, 2.24) is 0 Å². The predicted molar refractivity (Wildman–Crippen MR) is 37.4 cm³/mol. The van der Waals surface area contributed by atoms with Crippen molar-refractivity contribution < 1.29 is 0 Å². The van der Waals surface area contributed by atoms with Crippen LogP contribution in [0.25, 0.3) is 0 Å². The summed E-state index contributed by atoms with van der Waals surface area (Å²) in [5.41, 5.74) is 9.61. The van der Waals surface area contributed by atoms with E-state index in [-0.39, 0.29) is 12.4 Å². The number of halogens is 1. The molecule has 0 aromatic rings. The SMILES string of the molecule is Cl.N=CN.NC1CC1. The molecule has 1 rings (SSSR count). The van der Waals surface area contributed by atoms with Crippen molar-refractivity contribution >= 4 is 18.7 Å². The quantitative estimate of drug-likeness (QED) is 0.327. The monoisotopic (exact) mass is 137 g/mol. The minimum atomic E-state index is 0. The van der Waals surface area contributed by atoms with E-state index < -0.39 is 0 Å². The van der Waals surface area contributed by atoms with Crippen LogP contribution < -0.4 is 11.5 Å². The number of rotatable bonds is 0. The molecule has 0 spiro atoms. The molecule has 1 aliphatic rings. The average molecular weight is 138 g/mol. The molecule has 1 aliphatic carbocycles. The summed E-state index contributed by atoms with van der Waals surface area (Å²) in [5.74, 6) is 0. The van der Waals surface area contributed by atoms with Crippen LogP contribution in [0.15, 0.2) is 0 Å². The Balaban J connectivity index is 0. The van der Waals surface area contributed by atoms with Gasteiger partial charge in [-0.2, -0.15) is 0 Å². The van der Waals surface area contributed by atoms with E-state index in [1.807, 2.05) is 0 Å². The van der Waals surface area contributed by atoms with E-state index in [1.165, 1.54) is 12.8 Å². The smallest absolute Gasteiger partial charge is 0.0765 e. The molecule has 0 aliphatic heterocycles. The third-order valence-corrected chi connectivity index (χ3v) is 0.622. The van der Waals surface area contributed by atoms with Gasteiger partial charge in [0.05, 0.1) is 6.34 Å². The summed E-state index contributed by atoms with van der Waals surface area (Å²) in [6.07, 6.45) is 3.28. The summed E-state index contributed by atoms with van der Waals surface area (Å²) in [4.78, 5) is 0. The topological polar surface area (TPSA) is 75.9 Å². The largest absolute Gasteiger partial charge is 0.390 e. The Morgan fingerprint density at radius 3 is 1.62 bits per heavy atom. The van der Waals surface area contributed by atoms with Gasteiger partial charge in [-0.05, 0) is 12.8 Å². The highest BCUT2D eigenvalue weighted by atomic mass is 35.5. The summed E-state index contributed by atoms with van der Waals surface area (Å²) in [7, 11) is 0. The van der Waals surface area contributed by atoms with Gasteiger partial charge in [0.2, 0.25) is 0 Å². The Kier molecular flexibility index (Phi) is 8.95. The molecular formula is C4H12ClN3. The second kappa shape index (κ2) is 6.72. The van der Waals surface area contributed by atoms with Crippen molar-refractivity contribution in [2.45, 2.75) is 18.9 Å². The second-order valence-electron chi connectivity index (χ2n) is 1.50. The number of hydrogen-bond donors (Lipinski definition) is 3. The molecule has 0 atom stereocenters. The molecule has 4 heteroatoms. The molecule has 5 N–H and O–H groups in total. The Morgan fingerprint density at radius 1 is 1.50 bits per heavy atom. The van der Waals surface area contributed by atoms with E-state index in [1.54, 1.807) is 0 Å². The van der Waals surface area contributed by atoms with Gasteiger partial charge in [0, 0.05) is 6.04 Å². The van der Waals surface area contributed by atoms with Gasteiger partial charge in [0.1, 0.15) is 0 Å². The van der Waals surface area contributed by atoms with E-state index in [4.69, 9.17) is 11.1 Å². The molecule has 1 saturated carbocycles. The van der Waals surface area contributed by atoms with Gasteiger partial charge in [-0.3, -0.25) is 5.41 Å². The standard InChI is InChI=1S/C3H7N.CH4N2.ClH/c4-3-1-2-3;2-1-3;/h3H,1-2,4H2;1H,(H3,2,3);1H. The van der Waals surface area contributed by atoms with Crippen LogP contribution in [0, 0.1) is 5.41 Å². The van der Waals surface area contributed by atoms with Crippen molar-refractivity contribution in [3.8, 4) is 0 Å². The van der Waals surface area contributed by atoms with E-state index >= 15 is 0 Å². The molecule has 0 heterocycles. The minimum absolute atomic E-state index is 0. The zero-order valence-corrected chi connectivity index (χ0v) is 5.45. The first-order valence-electron chi connectivity index (χ1n) is 2.27. The predicted octanol–water partition coefficient (Wildman–Crippen LogP) is 0.0815. The van der Waals surface area contributed by atoms with E-state index in [0.717, 1.165) is 6.34 Å². The Morgan fingerprint density at radius 2 is 1.62 bits per heavy atom. The highest BCUT2D eigenvalue weighted by Crippen LogP contribution is 2.13. The number of nitrogens with one attached hydrogen (secondary N) is 1. The molecule has 0 bridgehead atoms. The van der Waals surface area contributed by atoms with Crippen molar-refractivity contribution in [1.29, 1.82) is 5.41 Å². The summed E-state index contributed by atoms with van der Waals surface area (Å²) < 4.78 is 0. The third kappa shape index (κ3) is 17.2. The lowest BCUT2D eigenvalue weighted by Gasteiger charge is -1.58. The second-order valence-corrected chi connectivity index (χ2v) is 1.50. The first kappa shape index (κ1) is 10.7. The highest BCUT2D eigenvalue weighted by Gasteiger charge is 2.13. The molecule has 0 aromatic heterocycles. The fourth-order valence-electron chi connectivity index (χ4n) is 0.0962. The van der Waals surface area contributed by atoms with Crippen molar-refractivity contribution in [2.75, 3.05) is 0 Å². The van der Waals surface area contributed by atoms with E-state index in [9.17, 15) is 0 Å². The molecule has 3 nitrogen and oxygen atoms in total. The summed E-state index contributed by atoms with van der Waals surface area (Å²) in [6, 6.07) is 0.583. The zero-order valence-electron chi connectivity index (χ0n) is 4.63. The van der Waals surface area contributed by atoms with Gasteiger partial charge in [-0.25, -0.2) is 0 Å². The van der Waals surface area contributed by atoms with Crippen LogP contribution in [-0.4, -0.2) is 12.4 Å². The molecule has 0 radical (unpaired) electrons. The van der Waals surface area contributed by atoms with Crippen LogP contribution in [0.5, 0.6) is 0 Å². The average Bonchev–Trinajstić information content (AvgIpc) is 2.25. The summed E-state index contributed by atoms with van der Waals surface area (Å²) >= 11 is 0. The van der Waals surface area contributed by atoms with Crippen LogP contribution in [0.3, 0.4) is 0 Å². The molecular weight excluding hydrogens is 126 g/mol. The lowest BCUT2D eigenvalue weighted by molar-refractivity contribution is 1.07. The van der Waals surface area contributed by atoms with Gasteiger partial charge in [-0.15, -0.1) is 12.4 Å². The number of hydrogen-bond acceptors (Lipinski definition) is 2. The van der Waals surface area contributed by atoms with Crippen LogP contribution in [0.2, 0.25) is 0 Å². The molecule has 8 heavy (non-hydrogen) atoms. The molecule has 0 aromatic carbocycles. The van der Waals surface area contributed by atoms with Crippen LogP contribution in [0.1, 0.15) is 12.8 Å². The molecule has 50 valence electrons. The van der Waals surface area contributed by atoms with Crippen LogP contribution in [0.4, 0.5) is 0 Å². The van der Waals surface area contributed by atoms with Crippen LogP contribution in [-0.2, 0) is 0 Å². The zero-order chi connectivity index (χ0) is 5.70. The first-order chi connectivity index (χ1) is 3.31. The highest BCUT2D eigenvalue weighted by molar-refractivity contribution is 5.85. The Bertz CT molecular complexity index is 53.2. The maximum absolute atomic E-state index is 5.86. The number of nitrogens with two attached hydrogens (primary N) is 2. The normalized spacial score (nSPS) is 14.6. The Labute approximate surface area is 55.4 Å². The fourth-order valence-corrected chi connectivity index (χ4v) is 0.0962. The summed E-state index contributed by atoms with van der Waals surface area (Å²) in [6.45, 7) is 0. The molecule has 1 fully saturated rings. The minimum Gasteiger partial charge on any atom is -0.390 e. The van der Waals surface area contributed by atoms with E-state index in [2.05, 4.69) is 5.73 Å². The van der Waals surface area contributed by atoms with Gasteiger partial charge < -0.3 is 11.5 Å². The van der Waals surface area contributed by atoms with Crippen molar-refractivity contribution in [3.63, 3.8) is 0 Å². The fraction of sp³-hybridized carbons (Fsp3) is 0.750. The first-order valence-corrected chi connectivity index (χ1v) is 2.27. The lowest BCUT2D eigenvalue weighted by Crippen LogP contribution is -1.94. The third-order valence-electron chi connectivity index (χ3n) is 0.622. The molecule has 0 saturated heterocycles. The van der Waals surface area contributed by atoms with Gasteiger partial charge >= 0.3 is 0 Å². The maximum Gasteiger partial charge on any atom is 0.0765 e. The van der Waals surface area contributed by atoms with Crippen molar-refractivity contribution in [3.05, 3.63) is 0 Å².